The molecular weight excluding hydrogens is 447 g/mol. The summed E-state index contributed by atoms with van der Waals surface area (Å²) in [4.78, 5) is 26.0. The van der Waals surface area contributed by atoms with Crippen LogP contribution in [0.5, 0.6) is 0 Å². The first-order chi connectivity index (χ1) is 11.9. The normalized spacial score (nSPS) is 16.1. The summed E-state index contributed by atoms with van der Waals surface area (Å²) in [5, 5.41) is -0.248. The molecule has 3 rings (SSSR count). The molecule has 2 amide bonds. The lowest BCUT2D eigenvalue weighted by Crippen LogP contribution is -2.27. The van der Waals surface area contributed by atoms with Gasteiger partial charge in [-0.3, -0.25) is 14.5 Å². The van der Waals surface area contributed by atoms with Crippen LogP contribution in [0.1, 0.15) is 17.0 Å². The Bertz CT molecular complexity index is 897. The number of rotatable bonds is 4. The lowest BCUT2D eigenvalue weighted by Gasteiger charge is -2.10. The Balaban J connectivity index is 1.99. The van der Waals surface area contributed by atoms with Crippen LogP contribution >= 0.6 is 34.4 Å². The van der Waals surface area contributed by atoms with E-state index in [1.54, 1.807) is 12.2 Å². The number of hydrogen-bond donors (Lipinski definition) is 0. The van der Waals surface area contributed by atoms with Gasteiger partial charge in [-0.05, 0) is 90.2 Å². The van der Waals surface area contributed by atoms with Crippen LogP contribution in [0.25, 0.3) is 11.8 Å². The van der Waals surface area contributed by atoms with Gasteiger partial charge in [0.05, 0.1) is 4.91 Å². The molecule has 0 unspecified atom stereocenters. The Kier molecular flexibility index (Phi) is 5.19. The summed E-state index contributed by atoms with van der Waals surface area (Å²) in [6.07, 6.45) is 3.36. The van der Waals surface area contributed by atoms with E-state index in [9.17, 15) is 9.59 Å². The Labute approximate surface area is 164 Å². The minimum atomic E-state index is -0.256. The summed E-state index contributed by atoms with van der Waals surface area (Å²) >= 11 is 3.26. The summed E-state index contributed by atoms with van der Waals surface area (Å²) in [5.74, 6) is -0.256. The van der Waals surface area contributed by atoms with Gasteiger partial charge in [0.2, 0.25) is 0 Å². The summed E-state index contributed by atoms with van der Waals surface area (Å²) in [6.45, 7) is 7.88. The average Bonchev–Trinajstić information content (AvgIpc) is 3.00. The van der Waals surface area contributed by atoms with Gasteiger partial charge in [-0.15, -0.1) is 6.58 Å². The molecule has 1 saturated heterocycles. The highest BCUT2D eigenvalue weighted by Crippen LogP contribution is 2.33. The van der Waals surface area contributed by atoms with Crippen LogP contribution in [-0.2, 0) is 4.79 Å². The summed E-state index contributed by atoms with van der Waals surface area (Å²) < 4.78 is 3.33. The maximum absolute atomic E-state index is 12.4. The molecule has 4 nitrogen and oxygen atoms in total. The number of nitrogens with zero attached hydrogens (tertiary/aromatic N) is 2. The number of benzene rings is 1. The molecule has 0 saturated carbocycles. The number of aryl methyl sites for hydroxylation is 1. The number of carbonyl (C=O) groups is 2. The molecule has 1 aliphatic heterocycles. The smallest absolute Gasteiger partial charge is 0.293 e. The second-order valence-corrected chi connectivity index (χ2v) is 7.96. The maximum atomic E-state index is 12.4. The maximum Gasteiger partial charge on any atom is 0.293 e. The summed E-state index contributed by atoms with van der Waals surface area (Å²) in [6, 6.07) is 10.3. The zero-order valence-electron chi connectivity index (χ0n) is 14.0. The van der Waals surface area contributed by atoms with Gasteiger partial charge in [-0.25, -0.2) is 0 Å². The lowest BCUT2D eigenvalue weighted by atomic mass is 10.2. The van der Waals surface area contributed by atoms with Crippen LogP contribution in [0.15, 0.2) is 47.9 Å². The molecule has 2 heterocycles. The number of halogens is 1. The van der Waals surface area contributed by atoms with Crippen LogP contribution in [0.4, 0.5) is 4.79 Å². The molecule has 25 heavy (non-hydrogen) atoms. The number of carbonyl (C=O) groups excluding carboxylic acids is 2. The van der Waals surface area contributed by atoms with Crippen molar-refractivity contribution in [1.82, 2.24) is 9.47 Å². The topological polar surface area (TPSA) is 42.3 Å². The number of aromatic nitrogens is 1. The van der Waals surface area contributed by atoms with Gasteiger partial charge in [0.25, 0.3) is 11.1 Å². The van der Waals surface area contributed by atoms with E-state index in [2.05, 4.69) is 58.0 Å². The fraction of sp³-hybridized carbons (Fsp3) is 0.158. The summed E-state index contributed by atoms with van der Waals surface area (Å²) in [7, 11) is 0. The standard InChI is InChI=1S/C19H17IN2O2S/c1-4-9-21-18(23)17(25-19(21)24)11-14-10-12(2)22(13(14)3)16-7-5-15(20)6-8-16/h4-8,10-11H,1,9H2,2-3H3/b17-11+. The largest absolute Gasteiger partial charge is 0.318 e. The van der Waals surface area contributed by atoms with Crippen LogP contribution in [0.2, 0.25) is 0 Å². The molecule has 0 bridgehead atoms. The molecule has 6 heteroatoms. The second-order valence-electron chi connectivity index (χ2n) is 5.72. The molecule has 2 aromatic rings. The predicted octanol–water partition coefficient (Wildman–Crippen LogP) is 4.92. The van der Waals surface area contributed by atoms with Gasteiger partial charge in [0.1, 0.15) is 0 Å². The van der Waals surface area contributed by atoms with Crippen molar-refractivity contribution >= 4 is 51.6 Å². The second kappa shape index (κ2) is 7.21. The number of hydrogen-bond acceptors (Lipinski definition) is 3. The lowest BCUT2D eigenvalue weighted by molar-refractivity contribution is -0.122. The van der Waals surface area contributed by atoms with Crippen LogP contribution < -0.4 is 0 Å². The van der Waals surface area contributed by atoms with E-state index in [1.807, 2.05) is 19.9 Å². The first kappa shape index (κ1) is 18.0. The van der Waals surface area contributed by atoms with E-state index < -0.39 is 0 Å². The third-order valence-electron chi connectivity index (χ3n) is 4.03. The van der Waals surface area contributed by atoms with Crippen molar-refractivity contribution in [3.8, 4) is 5.69 Å². The van der Waals surface area contributed by atoms with Crippen molar-refractivity contribution in [2.24, 2.45) is 0 Å². The minimum Gasteiger partial charge on any atom is -0.318 e. The Morgan fingerprint density at radius 2 is 1.88 bits per heavy atom. The molecule has 1 aromatic heterocycles. The molecule has 0 spiro atoms. The summed E-state index contributed by atoms with van der Waals surface area (Å²) in [5.41, 5.74) is 4.14. The molecule has 0 N–H and O–H groups in total. The van der Waals surface area contributed by atoms with Gasteiger partial charge in [-0.2, -0.15) is 0 Å². The predicted molar refractivity (Wildman–Crippen MR) is 111 cm³/mol. The van der Waals surface area contributed by atoms with Gasteiger partial charge in [0, 0.05) is 27.2 Å². The van der Waals surface area contributed by atoms with Crippen LogP contribution in [0.3, 0.4) is 0 Å². The Morgan fingerprint density at radius 3 is 2.52 bits per heavy atom. The molecule has 128 valence electrons. The van der Waals surface area contributed by atoms with Crippen molar-refractivity contribution in [1.29, 1.82) is 0 Å². The van der Waals surface area contributed by atoms with Crippen molar-refractivity contribution in [3.05, 3.63) is 68.4 Å². The number of amides is 2. The fourth-order valence-electron chi connectivity index (χ4n) is 2.85. The van der Waals surface area contributed by atoms with Crippen molar-refractivity contribution in [2.75, 3.05) is 6.54 Å². The molecular formula is C19H17IN2O2S. The van der Waals surface area contributed by atoms with E-state index in [1.165, 1.54) is 8.47 Å². The highest BCUT2D eigenvalue weighted by Gasteiger charge is 2.34. The van der Waals surface area contributed by atoms with Crippen molar-refractivity contribution in [3.63, 3.8) is 0 Å². The third kappa shape index (κ3) is 3.46. The van der Waals surface area contributed by atoms with E-state index in [4.69, 9.17) is 0 Å². The quantitative estimate of drug-likeness (QED) is 0.367. The first-order valence-corrected chi connectivity index (χ1v) is 9.63. The monoisotopic (exact) mass is 464 g/mol. The van der Waals surface area contributed by atoms with Crippen molar-refractivity contribution in [2.45, 2.75) is 13.8 Å². The van der Waals surface area contributed by atoms with Gasteiger partial charge < -0.3 is 4.57 Å². The molecule has 0 radical (unpaired) electrons. The highest BCUT2D eigenvalue weighted by atomic mass is 127. The fourth-order valence-corrected chi connectivity index (χ4v) is 4.05. The number of thioether (sulfide) groups is 1. The van der Waals surface area contributed by atoms with E-state index in [0.29, 0.717) is 4.91 Å². The SMILES string of the molecule is C=CCN1C(=O)S/C(=C/c2cc(C)n(-c3ccc(I)cc3)c2C)C1=O. The molecule has 1 fully saturated rings. The number of imide groups is 1. The van der Waals surface area contributed by atoms with E-state index in [-0.39, 0.29) is 17.7 Å². The van der Waals surface area contributed by atoms with Crippen molar-refractivity contribution < 1.29 is 9.59 Å². The molecule has 0 aliphatic carbocycles. The van der Waals surface area contributed by atoms with Gasteiger partial charge in [0.15, 0.2) is 0 Å². The highest BCUT2D eigenvalue weighted by molar-refractivity contribution is 14.1. The van der Waals surface area contributed by atoms with E-state index in [0.717, 1.165) is 34.4 Å². The van der Waals surface area contributed by atoms with E-state index >= 15 is 0 Å². The minimum absolute atomic E-state index is 0.240. The molecule has 1 aliphatic rings. The van der Waals surface area contributed by atoms with Gasteiger partial charge >= 0.3 is 0 Å². The Hall–Kier alpha value is -1.80. The molecule has 1 aromatic carbocycles. The molecule has 0 atom stereocenters. The van der Waals surface area contributed by atoms with Crippen LogP contribution in [0, 0.1) is 17.4 Å². The van der Waals surface area contributed by atoms with Gasteiger partial charge in [-0.1, -0.05) is 6.08 Å². The Morgan fingerprint density at radius 1 is 1.20 bits per heavy atom. The average molecular weight is 464 g/mol. The first-order valence-electron chi connectivity index (χ1n) is 7.73. The zero-order chi connectivity index (χ0) is 18.1. The third-order valence-corrected chi connectivity index (χ3v) is 5.65. The van der Waals surface area contributed by atoms with Crippen LogP contribution in [-0.4, -0.2) is 27.2 Å². The zero-order valence-corrected chi connectivity index (χ0v) is 16.9.